The molecule has 7 heteroatoms. The Morgan fingerprint density at radius 2 is 2.11 bits per heavy atom. The number of rotatable bonds is 3. The Morgan fingerprint density at radius 3 is 2.79 bits per heavy atom. The van der Waals surface area contributed by atoms with Crippen LogP contribution in [0.3, 0.4) is 0 Å². The molecule has 2 heterocycles. The van der Waals surface area contributed by atoms with Gasteiger partial charge in [0.25, 0.3) is 0 Å². The van der Waals surface area contributed by atoms with Gasteiger partial charge >= 0.3 is 12.0 Å². The zero-order chi connectivity index (χ0) is 13.8. The van der Waals surface area contributed by atoms with E-state index in [-0.39, 0.29) is 19.2 Å². The largest absolute Gasteiger partial charge is 0.480 e. The normalized spacial score (nSPS) is 27.6. The number of carboxylic acids is 1. The number of hydrogen-bond acceptors (Lipinski definition) is 4. The van der Waals surface area contributed by atoms with Gasteiger partial charge in [0.1, 0.15) is 0 Å². The van der Waals surface area contributed by atoms with Crippen LogP contribution in [0.15, 0.2) is 0 Å². The number of carboxylic acid groups (broad SMARTS) is 1. The van der Waals surface area contributed by atoms with E-state index in [9.17, 15) is 9.59 Å². The predicted octanol–water partition coefficient (Wildman–Crippen LogP) is -0.404. The minimum absolute atomic E-state index is 0.0506. The Hall–Kier alpha value is -1.34. The minimum Gasteiger partial charge on any atom is -0.480 e. The van der Waals surface area contributed by atoms with Crippen molar-refractivity contribution in [1.82, 2.24) is 9.80 Å². The van der Waals surface area contributed by atoms with Crippen LogP contribution in [0.4, 0.5) is 4.79 Å². The molecule has 108 valence electrons. The lowest BCUT2D eigenvalue weighted by atomic mass is 10.1. The molecule has 2 amide bonds. The molecule has 0 aliphatic carbocycles. The van der Waals surface area contributed by atoms with Crippen molar-refractivity contribution < 1.29 is 24.5 Å². The Labute approximate surface area is 111 Å². The molecule has 0 aromatic rings. The number of hydrogen-bond donors (Lipinski definition) is 2. The number of urea groups is 1. The van der Waals surface area contributed by atoms with Crippen LogP contribution in [0.25, 0.3) is 0 Å². The maximum Gasteiger partial charge on any atom is 0.328 e. The van der Waals surface area contributed by atoms with Crippen LogP contribution in [0.1, 0.15) is 12.8 Å². The maximum atomic E-state index is 12.3. The van der Waals surface area contributed by atoms with E-state index in [1.54, 1.807) is 4.90 Å². The number of likely N-dealkylation sites (tertiary alicyclic amines) is 1. The Morgan fingerprint density at radius 1 is 1.32 bits per heavy atom. The van der Waals surface area contributed by atoms with Gasteiger partial charge in [0.15, 0.2) is 6.04 Å². The highest BCUT2D eigenvalue weighted by molar-refractivity contribution is 5.83. The first kappa shape index (κ1) is 14.1. The lowest BCUT2D eigenvalue weighted by Gasteiger charge is -2.35. The molecule has 2 rings (SSSR count). The van der Waals surface area contributed by atoms with Crippen molar-refractivity contribution in [1.29, 1.82) is 0 Å². The Kier molecular flexibility index (Phi) is 4.60. The number of morpholine rings is 1. The molecule has 0 bridgehead atoms. The van der Waals surface area contributed by atoms with Crippen LogP contribution in [-0.4, -0.2) is 77.5 Å². The van der Waals surface area contributed by atoms with Gasteiger partial charge in [-0.1, -0.05) is 0 Å². The van der Waals surface area contributed by atoms with E-state index in [4.69, 9.17) is 14.9 Å². The van der Waals surface area contributed by atoms with Gasteiger partial charge in [-0.2, -0.15) is 0 Å². The third-order valence-electron chi connectivity index (χ3n) is 3.75. The molecule has 2 fully saturated rings. The first-order valence-electron chi connectivity index (χ1n) is 6.60. The van der Waals surface area contributed by atoms with Crippen LogP contribution in [-0.2, 0) is 9.53 Å². The van der Waals surface area contributed by atoms with Crippen molar-refractivity contribution in [3.05, 3.63) is 0 Å². The minimum atomic E-state index is -1.03. The second kappa shape index (κ2) is 6.21. The first-order valence-corrected chi connectivity index (χ1v) is 6.60. The average molecular weight is 272 g/mol. The summed E-state index contributed by atoms with van der Waals surface area (Å²) >= 11 is 0. The summed E-state index contributed by atoms with van der Waals surface area (Å²) in [5.74, 6) is -0.711. The van der Waals surface area contributed by atoms with Gasteiger partial charge in [-0.25, -0.2) is 9.59 Å². The summed E-state index contributed by atoms with van der Waals surface area (Å²) in [6.45, 7) is 2.10. The molecule has 2 aliphatic rings. The molecule has 2 aliphatic heterocycles. The van der Waals surface area contributed by atoms with Gasteiger partial charge in [-0.3, -0.25) is 0 Å². The molecule has 0 saturated carbocycles. The second-order valence-corrected chi connectivity index (χ2v) is 5.02. The van der Waals surface area contributed by atoms with E-state index < -0.39 is 12.0 Å². The fourth-order valence-corrected chi connectivity index (χ4v) is 2.64. The average Bonchev–Trinajstić information content (AvgIpc) is 2.87. The van der Waals surface area contributed by atoms with E-state index in [0.29, 0.717) is 38.6 Å². The molecule has 2 N–H and O–H groups in total. The quantitative estimate of drug-likeness (QED) is 0.729. The van der Waals surface area contributed by atoms with E-state index in [0.717, 1.165) is 6.42 Å². The highest BCUT2D eigenvalue weighted by Crippen LogP contribution is 2.21. The van der Waals surface area contributed by atoms with Crippen molar-refractivity contribution in [2.75, 3.05) is 39.5 Å². The Balaban J connectivity index is 1.96. The molecule has 2 saturated heterocycles. The molecular formula is C12H20N2O5. The Bertz CT molecular complexity index is 349. The summed E-state index contributed by atoms with van der Waals surface area (Å²) in [5.41, 5.74) is 0. The van der Waals surface area contributed by atoms with Crippen LogP contribution < -0.4 is 0 Å². The predicted molar refractivity (Wildman–Crippen MR) is 65.7 cm³/mol. The molecule has 2 atom stereocenters. The summed E-state index contributed by atoms with van der Waals surface area (Å²) in [5, 5.41) is 18.0. The molecule has 0 aromatic carbocycles. The van der Waals surface area contributed by atoms with Gasteiger partial charge in [-0.05, 0) is 18.8 Å². The lowest BCUT2D eigenvalue weighted by molar-refractivity contribution is -0.147. The third-order valence-corrected chi connectivity index (χ3v) is 3.75. The van der Waals surface area contributed by atoms with Crippen molar-refractivity contribution in [2.45, 2.75) is 18.9 Å². The van der Waals surface area contributed by atoms with Crippen LogP contribution >= 0.6 is 0 Å². The monoisotopic (exact) mass is 272 g/mol. The smallest absolute Gasteiger partial charge is 0.328 e. The number of aliphatic hydroxyl groups excluding tert-OH is 1. The van der Waals surface area contributed by atoms with E-state index in [1.165, 1.54) is 4.90 Å². The fraction of sp³-hybridized carbons (Fsp3) is 0.833. The van der Waals surface area contributed by atoms with Gasteiger partial charge in [0, 0.05) is 26.2 Å². The zero-order valence-corrected chi connectivity index (χ0v) is 10.8. The number of carbonyl (C=O) groups is 2. The number of aliphatic carboxylic acids is 1. The molecule has 0 aromatic heterocycles. The van der Waals surface area contributed by atoms with Gasteiger partial charge in [-0.15, -0.1) is 0 Å². The SMILES string of the molecule is O=C(O)C1COCCN1C(=O)N1CCC(CCO)C1. The topological polar surface area (TPSA) is 90.3 Å². The number of carbonyl (C=O) groups excluding carboxylic acids is 1. The second-order valence-electron chi connectivity index (χ2n) is 5.02. The van der Waals surface area contributed by atoms with Gasteiger partial charge in [0.2, 0.25) is 0 Å². The summed E-state index contributed by atoms with van der Waals surface area (Å²) in [6, 6.07) is -1.12. The van der Waals surface area contributed by atoms with Crippen molar-refractivity contribution in [3.8, 4) is 0 Å². The highest BCUT2D eigenvalue weighted by atomic mass is 16.5. The molecule has 0 radical (unpaired) electrons. The van der Waals surface area contributed by atoms with Crippen molar-refractivity contribution >= 4 is 12.0 Å². The summed E-state index contributed by atoms with van der Waals surface area (Å²) in [4.78, 5) is 26.5. The summed E-state index contributed by atoms with van der Waals surface area (Å²) in [7, 11) is 0. The first-order chi connectivity index (χ1) is 9.13. The summed E-state index contributed by atoms with van der Waals surface area (Å²) in [6.07, 6.45) is 1.56. The number of ether oxygens (including phenoxy) is 1. The van der Waals surface area contributed by atoms with E-state index in [1.807, 2.05) is 0 Å². The molecule has 2 unspecified atom stereocenters. The fourth-order valence-electron chi connectivity index (χ4n) is 2.64. The van der Waals surface area contributed by atoms with Gasteiger partial charge in [0.05, 0.1) is 13.2 Å². The number of nitrogens with zero attached hydrogens (tertiary/aromatic N) is 2. The maximum absolute atomic E-state index is 12.3. The van der Waals surface area contributed by atoms with Gasteiger partial charge < -0.3 is 24.7 Å². The van der Waals surface area contributed by atoms with Crippen LogP contribution in [0.5, 0.6) is 0 Å². The highest BCUT2D eigenvalue weighted by Gasteiger charge is 2.37. The number of amides is 2. The van der Waals surface area contributed by atoms with Crippen molar-refractivity contribution in [3.63, 3.8) is 0 Å². The number of aliphatic hydroxyl groups is 1. The van der Waals surface area contributed by atoms with E-state index in [2.05, 4.69) is 0 Å². The molecular weight excluding hydrogens is 252 g/mol. The molecule has 19 heavy (non-hydrogen) atoms. The molecule has 0 spiro atoms. The lowest BCUT2D eigenvalue weighted by Crippen LogP contribution is -2.56. The zero-order valence-electron chi connectivity index (χ0n) is 10.8. The summed E-state index contributed by atoms with van der Waals surface area (Å²) < 4.78 is 5.12. The van der Waals surface area contributed by atoms with Crippen LogP contribution in [0, 0.1) is 5.92 Å². The van der Waals surface area contributed by atoms with Crippen LogP contribution in [0.2, 0.25) is 0 Å². The third kappa shape index (κ3) is 3.16. The van der Waals surface area contributed by atoms with Crippen molar-refractivity contribution in [2.24, 2.45) is 5.92 Å². The molecule has 7 nitrogen and oxygen atoms in total. The standard InChI is InChI=1S/C12H20N2O5/c15-5-2-9-1-3-13(7-9)12(18)14-4-6-19-8-10(14)11(16)17/h9-10,15H,1-8H2,(H,16,17). The van der Waals surface area contributed by atoms with E-state index >= 15 is 0 Å².